The number of alkyl halides is 3. The number of sulfonamides is 1. The SMILES string of the molecule is CC(C(=O)Nc1nnc(-c2ccc(Cl)cc2)s1)N(c1ccc(Cl)c(C(F)(F)F)c1)S(C)(=O)=O. The highest BCUT2D eigenvalue weighted by Gasteiger charge is 2.36. The lowest BCUT2D eigenvalue weighted by Crippen LogP contribution is -2.45. The number of aromatic nitrogens is 2. The molecule has 3 aromatic rings. The van der Waals surface area contributed by atoms with Crippen LogP contribution in [0, 0.1) is 0 Å². The zero-order valence-corrected chi connectivity index (χ0v) is 20.0. The van der Waals surface area contributed by atoms with Gasteiger partial charge in [-0.2, -0.15) is 13.2 Å². The van der Waals surface area contributed by atoms with Crippen LogP contribution in [0.25, 0.3) is 10.6 Å². The van der Waals surface area contributed by atoms with Gasteiger partial charge in [0.15, 0.2) is 0 Å². The topological polar surface area (TPSA) is 92.3 Å². The van der Waals surface area contributed by atoms with Crippen molar-refractivity contribution in [1.29, 1.82) is 0 Å². The summed E-state index contributed by atoms with van der Waals surface area (Å²) < 4.78 is 65.1. The number of carbonyl (C=O) groups is 1. The number of nitrogens with one attached hydrogen (secondary N) is 1. The first-order chi connectivity index (χ1) is 15.3. The Morgan fingerprint density at radius 3 is 2.33 bits per heavy atom. The van der Waals surface area contributed by atoms with Crippen molar-refractivity contribution < 1.29 is 26.4 Å². The minimum atomic E-state index is -4.81. The van der Waals surface area contributed by atoms with Crippen LogP contribution in [0.5, 0.6) is 0 Å². The van der Waals surface area contributed by atoms with Gasteiger partial charge in [0.05, 0.1) is 22.5 Å². The van der Waals surface area contributed by atoms with Crippen LogP contribution in [0.2, 0.25) is 10.0 Å². The van der Waals surface area contributed by atoms with Crippen LogP contribution in [0.15, 0.2) is 42.5 Å². The molecule has 0 aliphatic carbocycles. The first-order valence-corrected chi connectivity index (χ1v) is 12.5. The molecule has 3 rings (SSSR count). The molecule has 1 unspecified atom stereocenters. The van der Waals surface area contributed by atoms with Crippen molar-refractivity contribution in [2.75, 3.05) is 15.9 Å². The summed E-state index contributed by atoms with van der Waals surface area (Å²) in [6.07, 6.45) is -4.03. The Morgan fingerprint density at radius 2 is 1.76 bits per heavy atom. The number of rotatable bonds is 6. The highest BCUT2D eigenvalue weighted by atomic mass is 35.5. The quantitative estimate of drug-likeness (QED) is 0.458. The Kier molecular flexibility index (Phi) is 7.22. The van der Waals surface area contributed by atoms with E-state index in [9.17, 15) is 26.4 Å². The molecule has 1 atom stereocenters. The fraction of sp³-hybridized carbons (Fsp3) is 0.211. The van der Waals surface area contributed by atoms with Crippen LogP contribution in [0.3, 0.4) is 0 Å². The van der Waals surface area contributed by atoms with Crippen LogP contribution in [0.4, 0.5) is 24.0 Å². The van der Waals surface area contributed by atoms with E-state index in [-0.39, 0.29) is 10.8 Å². The van der Waals surface area contributed by atoms with E-state index in [0.717, 1.165) is 29.7 Å². The third-order valence-electron chi connectivity index (χ3n) is 4.34. The number of hydrogen-bond acceptors (Lipinski definition) is 6. The highest BCUT2D eigenvalue weighted by Crippen LogP contribution is 2.38. The average Bonchev–Trinajstić information content (AvgIpc) is 3.16. The van der Waals surface area contributed by atoms with E-state index in [2.05, 4.69) is 15.5 Å². The molecule has 1 heterocycles. The van der Waals surface area contributed by atoms with E-state index >= 15 is 0 Å². The van der Waals surface area contributed by atoms with Crippen molar-refractivity contribution in [3.05, 3.63) is 58.1 Å². The second-order valence-corrected chi connectivity index (χ2v) is 10.5. The van der Waals surface area contributed by atoms with Gasteiger partial charge in [-0.3, -0.25) is 14.4 Å². The summed E-state index contributed by atoms with van der Waals surface area (Å²) in [5.74, 6) is -0.817. The number of nitrogens with zero attached hydrogens (tertiary/aromatic N) is 3. The third kappa shape index (κ3) is 5.94. The standard InChI is InChI=1S/C19H15Cl2F3N4O3S2/c1-10(16(29)25-18-27-26-17(32-18)11-3-5-12(20)6-4-11)28(33(2,30)31)13-7-8-15(21)14(9-13)19(22,23)24/h3-10H,1-2H3,(H,25,27,29). The molecule has 7 nitrogen and oxygen atoms in total. The zero-order valence-electron chi connectivity index (χ0n) is 16.9. The molecular weight excluding hydrogens is 524 g/mol. The summed E-state index contributed by atoms with van der Waals surface area (Å²) in [4.78, 5) is 12.8. The van der Waals surface area contributed by atoms with Gasteiger partial charge in [-0.15, -0.1) is 10.2 Å². The van der Waals surface area contributed by atoms with Crippen LogP contribution in [0.1, 0.15) is 12.5 Å². The van der Waals surface area contributed by atoms with Gasteiger partial charge >= 0.3 is 6.18 Å². The normalized spacial score (nSPS) is 12.9. The number of halogens is 5. The van der Waals surface area contributed by atoms with E-state index < -0.39 is 38.7 Å². The molecule has 33 heavy (non-hydrogen) atoms. The van der Waals surface area contributed by atoms with Gasteiger partial charge in [0.25, 0.3) is 0 Å². The molecule has 0 fully saturated rings. The Labute approximate surface area is 201 Å². The molecule has 1 N–H and O–H groups in total. The number of hydrogen-bond donors (Lipinski definition) is 1. The van der Waals surface area contributed by atoms with Crippen LogP contribution < -0.4 is 9.62 Å². The lowest BCUT2D eigenvalue weighted by atomic mass is 10.1. The second-order valence-electron chi connectivity index (χ2n) is 6.81. The molecule has 0 radical (unpaired) electrons. The average molecular weight is 539 g/mol. The molecule has 0 aliphatic heterocycles. The van der Waals surface area contributed by atoms with Crippen LogP contribution in [-0.2, 0) is 21.0 Å². The van der Waals surface area contributed by atoms with Gasteiger partial charge in [0.2, 0.25) is 21.1 Å². The summed E-state index contributed by atoms with van der Waals surface area (Å²) in [7, 11) is -4.15. The number of anilines is 2. The van der Waals surface area contributed by atoms with Gasteiger partial charge in [0.1, 0.15) is 11.0 Å². The number of carbonyl (C=O) groups excluding carboxylic acids is 1. The highest BCUT2D eigenvalue weighted by molar-refractivity contribution is 7.92. The van der Waals surface area contributed by atoms with E-state index in [0.29, 0.717) is 26.0 Å². The first-order valence-electron chi connectivity index (χ1n) is 9.04. The predicted molar refractivity (Wildman–Crippen MR) is 122 cm³/mol. The molecular formula is C19H15Cl2F3N4O3S2. The van der Waals surface area contributed by atoms with E-state index in [1.807, 2.05) is 0 Å². The van der Waals surface area contributed by atoms with Crippen LogP contribution in [-0.4, -0.2) is 36.8 Å². The number of benzene rings is 2. The summed E-state index contributed by atoms with van der Waals surface area (Å²) in [6, 6.07) is 7.91. The van der Waals surface area contributed by atoms with Crippen molar-refractivity contribution >= 4 is 61.3 Å². The molecule has 0 saturated carbocycles. The van der Waals surface area contributed by atoms with Crippen molar-refractivity contribution in [3.63, 3.8) is 0 Å². The monoisotopic (exact) mass is 538 g/mol. The summed E-state index contributed by atoms with van der Waals surface area (Å²) in [5, 5.41) is 10.8. The van der Waals surface area contributed by atoms with Gasteiger partial charge in [-0.05, 0) is 37.3 Å². The molecule has 1 aromatic heterocycles. The third-order valence-corrected chi connectivity index (χ3v) is 7.06. The summed E-state index contributed by atoms with van der Waals surface area (Å²) in [5.41, 5.74) is -0.889. The lowest BCUT2D eigenvalue weighted by Gasteiger charge is -2.28. The molecule has 1 amide bonds. The van der Waals surface area contributed by atoms with Gasteiger partial charge < -0.3 is 0 Å². The lowest BCUT2D eigenvalue weighted by molar-refractivity contribution is -0.137. The Bertz CT molecular complexity index is 1280. The van der Waals surface area contributed by atoms with Crippen molar-refractivity contribution in [2.24, 2.45) is 0 Å². The van der Waals surface area contributed by atoms with Crippen molar-refractivity contribution in [3.8, 4) is 10.6 Å². The minimum absolute atomic E-state index is 0.0809. The fourth-order valence-electron chi connectivity index (χ4n) is 2.87. The first kappa shape index (κ1) is 25.2. The molecule has 176 valence electrons. The summed E-state index contributed by atoms with van der Waals surface area (Å²) in [6.45, 7) is 1.24. The van der Waals surface area contributed by atoms with Crippen LogP contribution >= 0.6 is 34.5 Å². The maximum Gasteiger partial charge on any atom is 0.417 e. The second kappa shape index (κ2) is 9.45. The van der Waals surface area contributed by atoms with Crippen molar-refractivity contribution in [1.82, 2.24) is 10.2 Å². The smallest absolute Gasteiger partial charge is 0.299 e. The summed E-state index contributed by atoms with van der Waals surface area (Å²) >= 11 is 12.5. The fourth-order valence-corrected chi connectivity index (χ4v) is 5.14. The van der Waals surface area contributed by atoms with E-state index in [1.165, 1.54) is 6.92 Å². The van der Waals surface area contributed by atoms with Crippen molar-refractivity contribution in [2.45, 2.75) is 19.1 Å². The zero-order chi connectivity index (χ0) is 24.6. The van der Waals surface area contributed by atoms with Gasteiger partial charge in [0, 0.05) is 10.6 Å². The van der Waals surface area contributed by atoms with E-state index in [4.69, 9.17) is 23.2 Å². The molecule has 0 bridgehead atoms. The molecule has 2 aromatic carbocycles. The van der Waals surface area contributed by atoms with E-state index in [1.54, 1.807) is 24.3 Å². The minimum Gasteiger partial charge on any atom is -0.299 e. The Balaban J connectivity index is 1.87. The Hall–Kier alpha value is -2.41. The van der Waals surface area contributed by atoms with Gasteiger partial charge in [-0.1, -0.05) is 46.7 Å². The molecule has 0 saturated heterocycles. The number of amides is 1. The maximum absolute atomic E-state index is 13.2. The maximum atomic E-state index is 13.2. The van der Waals surface area contributed by atoms with Gasteiger partial charge in [-0.25, -0.2) is 8.42 Å². The predicted octanol–water partition coefficient (Wildman–Crippen LogP) is 5.32. The molecule has 0 spiro atoms. The largest absolute Gasteiger partial charge is 0.417 e. The Morgan fingerprint density at radius 1 is 1.12 bits per heavy atom. The molecule has 0 aliphatic rings. The molecule has 14 heteroatoms.